The topological polar surface area (TPSA) is 56.2 Å². The van der Waals surface area contributed by atoms with Crippen molar-refractivity contribution in [1.82, 2.24) is 14.9 Å². The fourth-order valence-electron chi connectivity index (χ4n) is 2.77. The van der Waals surface area contributed by atoms with E-state index < -0.39 is 0 Å². The summed E-state index contributed by atoms with van der Waals surface area (Å²) in [4.78, 5) is 16.8. The van der Waals surface area contributed by atoms with Crippen molar-refractivity contribution in [3.05, 3.63) is 84.4 Å². The molecule has 1 heterocycles. The Morgan fingerprint density at radius 1 is 1.12 bits per heavy atom. The molecule has 0 aliphatic carbocycles. The molecule has 0 saturated heterocycles. The number of nitrogens with one attached hydrogen (secondary N) is 1. The third-order valence-corrected chi connectivity index (χ3v) is 4.11. The third kappa shape index (κ3) is 4.72. The van der Waals surface area contributed by atoms with E-state index in [1.54, 1.807) is 6.20 Å². The number of rotatable bonds is 8. The predicted octanol–water partition coefficient (Wildman–Crippen LogP) is 3.48. The van der Waals surface area contributed by atoms with Gasteiger partial charge in [0, 0.05) is 25.9 Å². The molecule has 1 aromatic heterocycles. The number of benzene rings is 2. The molecule has 0 saturated carbocycles. The maximum atomic E-state index is 12.4. The largest absolute Gasteiger partial charge is 0.494 e. The lowest BCUT2D eigenvalue weighted by molar-refractivity contribution is -0.121. The van der Waals surface area contributed by atoms with Crippen LogP contribution in [-0.4, -0.2) is 22.1 Å². The molecule has 5 heteroatoms. The lowest BCUT2D eigenvalue weighted by Gasteiger charge is -2.19. The van der Waals surface area contributed by atoms with E-state index in [-0.39, 0.29) is 11.9 Å². The SMILES string of the molecule is Cn1ccnc1C(NC(=O)CCCOc1ccccc1)c1ccccc1. The normalized spacial score (nSPS) is 11.7. The van der Waals surface area contributed by atoms with Crippen LogP contribution in [0.5, 0.6) is 5.75 Å². The van der Waals surface area contributed by atoms with Crippen LogP contribution in [0.15, 0.2) is 73.1 Å². The summed E-state index contributed by atoms with van der Waals surface area (Å²) in [5.41, 5.74) is 1.01. The summed E-state index contributed by atoms with van der Waals surface area (Å²) in [5, 5.41) is 3.10. The van der Waals surface area contributed by atoms with E-state index in [2.05, 4.69) is 10.3 Å². The quantitative estimate of drug-likeness (QED) is 0.634. The molecule has 0 aliphatic heterocycles. The van der Waals surface area contributed by atoms with Gasteiger partial charge in [-0.25, -0.2) is 4.98 Å². The average molecular weight is 349 g/mol. The van der Waals surface area contributed by atoms with Crippen molar-refractivity contribution in [2.75, 3.05) is 6.61 Å². The van der Waals surface area contributed by atoms with Crippen LogP contribution in [0.4, 0.5) is 0 Å². The highest BCUT2D eigenvalue weighted by Gasteiger charge is 2.20. The summed E-state index contributed by atoms with van der Waals surface area (Å²) in [7, 11) is 1.93. The molecule has 0 radical (unpaired) electrons. The van der Waals surface area contributed by atoms with Gasteiger partial charge in [-0.05, 0) is 24.1 Å². The lowest BCUT2D eigenvalue weighted by Crippen LogP contribution is -2.31. The molecule has 0 aliphatic rings. The van der Waals surface area contributed by atoms with Gasteiger partial charge in [0.1, 0.15) is 17.6 Å². The van der Waals surface area contributed by atoms with E-state index in [1.807, 2.05) is 78.5 Å². The van der Waals surface area contributed by atoms with Gasteiger partial charge in [0.2, 0.25) is 5.91 Å². The summed E-state index contributed by atoms with van der Waals surface area (Å²) >= 11 is 0. The van der Waals surface area contributed by atoms with E-state index in [0.29, 0.717) is 19.4 Å². The predicted molar refractivity (Wildman–Crippen MR) is 101 cm³/mol. The minimum atomic E-state index is -0.265. The van der Waals surface area contributed by atoms with Crippen LogP contribution in [0.25, 0.3) is 0 Å². The summed E-state index contributed by atoms with van der Waals surface area (Å²) < 4.78 is 7.57. The van der Waals surface area contributed by atoms with E-state index in [9.17, 15) is 4.79 Å². The lowest BCUT2D eigenvalue weighted by atomic mass is 10.1. The number of ether oxygens (including phenoxy) is 1. The Morgan fingerprint density at radius 3 is 2.46 bits per heavy atom. The summed E-state index contributed by atoms with van der Waals surface area (Å²) in [6, 6.07) is 19.2. The number of amides is 1. The molecule has 1 atom stereocenters. The Morgan fingerprint density at radius 2 is 1.81 bits per heavy atom. The number of hydrogen-bond acceptors (Lipinski definition) is 3. The highest BCUT2D eigenvalue weighted by Crippen LogP contribution is 2.20. The Hall–Kier alpha value is -3.08. The number of aromatic nitrogens is 2. The molecule has 1 amide bonds. The molecule has 0 bridgehead atoms. The van der Waals surface area contributed by atoms with Crippen molar-refractivity contribution in [3.8, 4) is 5.75 Å². The van der Waals surface area contributed by atoms with Crippen LogP contribution in [0.3, 0.4) is 0 Å². The second-order valence-corrected chi connectivity index (χ2v) is 6.07. The molecule has 0 spiro atoms. The van der Waals surface area contributed by atoms with Gasteiger partial charge >= 0.3 is 0 Å². The van der Waals surface area contributed by atoms with Gasteiger partial charge in [-0.1, -0.05) is 48.5 Å². The standard InChI is InChI=1S/C21H23N3O2/c1-24-15-14-22-21(24)20(17-9-4-2-5-10-17)23-19(25)13-8-16-26-18-11-6-3-7-12-18/h2-7,9-12,14-15,20H,8,13,16H2,1H3,(H,23,25). The first-order valence-electron chi connectivity index (χ1n) is 8.73. The van der Waals surface area contributed by atoms with Crippen LogP contribution in [-0.2, 0) is 11.8 Å². The van der Waals surface area contributed by atoms with Crippen LogP contribution in [0, 0.1) is 0 Å². The Labute approximate surface area is 153 Å². The fraction of sp³-hybridized carbons (Fsp3) is 0.238. The molecule has 1 unspecified atom stereocenters. The summed E-state index contributed by atoms with van der Waals surface area (Å²) in [6.07, 6.45) is 4.68. The maximum absolute atomic E-state index is 12.4. The zero-order valence-corrected chi connectivity index (χ0v) is 14.8. The Balaban J connectivity index is 1.57. The monoisotopic (exact) mass is 349 g/mol. The smallest absolute Gasteiger partial charge is 0.220 e. The highest BCUT2D eigenvalue weighted by molar-refractivity contribution is 5.76. The van der Waals surface area contributed by atoms with Crippen molar-refractivity contribution in [1.29, 1.82) is 0 Å². The van der Waals surface area contributed by atoms with E-state index >= 15 is 0 Å². The molecule has 2 aromatic carbocycles. The second kappa shape index (κ2) is 8.85. The number of para-hydroxylation sites is 1. The second-order valence-electron chi connectivity index (χ2n) is 6.07. The Kier molecular flexibility index (Phi) is 6.04. The number of carbonyl (C=O) groups excluding carboxylic acids is 1. The summed E-state index contributed by atoms with van der Waals surface area (Å²) in [5.74, 6) is 1.62. The highest BCUT2D eigenvalue weighted by atomic mass is 16.5. The average Bonchev–Trinajstić information content (AvgIpc) is 3.10. The van der Waals surface area contributed by atoms with Crippen molar-refractivity contribution < 1.29 is 9.53 Å². The molecule has 26 heavy (non-hydrogen) atoms. The van der Waals surface area contributed by atoms with Gasteiger partial charge in [-0.15, -0.1) is 0 Å². The number of nitrogens with zero attached hydrogens (tertiary/aromatic N) is 2. The van der Waals surface area contributed by atoms with Crippen LogP contribution >= 0.6 is 0 Å². The van der Waals surface area contributed by atoms with Crippen molar-refractivity contribution in [3.63, 3.8) is 0 Å². The molecule has 1 N–H and O–H groups in total. The van der Waals surface area contributed by atoms with E-state index in [4.69, 9.17) is 4.74 Å². The molecule has 3 rings (SSSR count). The fourth-order valence-corrected chi connectivity index (χ4v) is 2.77. The van der Waals surface area contributed by atoms with Crippen LogP contribution in [0.1, 0.15) is 30.3 Å². The van der Waals surface area contributed by atoms with Gasteiger partial charge < -0.3 is 14.6 Å². The number of hydrogen-bond donors (Lipinski definition) is 1. The number of aryl methyl sites for hydroxylation is 1. The Bertz CT molecular complexity index is 816. The zero-order valence-electron chi connectivity index (χ0n) is 14.8. The molecule has 0 fully saturated rings. The zero-order chi connectivity index (χ0) is 18.2. The van der Waals surface area contributed by atoms with Gasteiger partial charge in [-0.2, -0.15) is 0 Å². The molecule has 5 nitrogen and oxygen atoms in total. The minimum absolute atomic E-state index is 0.0153. The van der Waals surface area contributed by atoms with Crippen molar-refractivity contribution >= 4 is 5.91 Å². The van der Waals surface area contributed by atoms with Gasteiger partial charge in [0.05, 0.1) is 6.61 Å². The minimum Gasteiger partial charge on any atom is -0.494 e. The van der Waals surface area contributed by atoms with Gasteiger partial charge in [0.25, 0.3) is 0 Å². The third-order valence-electron chi connectivity index (χ3n) is 4.11. The summed E-state index contributed by atoms with van der Waals surface area (Å²) in [6.45, 7) is 0.510. The first-order valence-corrected chi connectivity index (χ1v) is 8.73. The van der Waals surface area contributed by atoms with Crippen molar-refractivity contribution in [2.45, 2.75) is 18.9 Å². The molecular weight excluding hydrogens is 326 g/mol. The first kappa shape index (κ1) is 17.7. The first-order chi connectivity index (χ1) is 12.7. The maximum Gasteiger partial charge on any atom is 0.220 e. The van der Waals surface area contributed by atoms with E-state index in [1.165, 1.54) is 0 Å². The van der Waals surface area contributed by atoms with Crippen LogP contribution < -0.4 is 10.1 Å². The molecular formula is C21H23N3O2. The van der Waals surface area contributed by atoms with Crippen LogP contribution in [0.2, 0.25) is 0 Å². The van der Waals surface area contributed by atoms with Gasteiger partial charge in [0.15, 0.2) is 0 Å². The molecule has 3 aromatic rings. The van der Waals surface area contributed by atoms with E-state index in [0.717, 1.165) is 17.1 Å². The molecule has 134 valence electrons. The van der Waals surface area contributed by atoms with Gasteiger partial charge in [-0.3, -0.25) is 4.79 Å². The number of imidazole rings is 1. The van der Waals surface area contributed by atoms with Crippen molar-refractivity contribution in [2.24, 2.45) is 7.05 Å². The number of carbonyl (C=O) groups is 1.